The molecule has 0 radical (unpaired) electrons. The van der Waals surface area contributed by atoms with Crippen molar-refractivity contribution in [3.05, 3.63) is 86.5 Å². The second kappa shape index (κ2) is 7.13. The van der Waals surface area contributed by atoms with Gasteiger partial charge in [-0.1, -0.05) is 18.2 Å². The van der Waals surface area contributed by atoms with Crippen molar-refractivity contribution in [3.63, 3.8) is 0 Å². The van der Waals surface area contributed by atoms with Crippen LogP contribution in [0, 0.1) is 0 Å². The predicted octanol–water partition coefficient (Wildman–Crippen LogP) is 3.03. The van der Waals surface area contributed by atoms with Gasteiger partial charge in [-0.2, -0.15) is 0 Å². The molecule has 2 heterocycles. The normalized spacial score (nSPS) is 11.0. The fourth-order valence-electron chi connectivity index (χ4n) is 3.09. The van der Waals surface area contributed by atoms with Crippen molar-refractivity contribution >= 4 is 33.5 Å². The molecule has 0 unspecified atom stereocenters. The summed E-state index contributed by atoms with van der Waals surface area (Å²) < 4.78 is 10.7. The van der Waals surface area contributed by atoms with Gasteiger partial charge >= 0.3 is 0 Å². The number of fused-ring (bicyclic) bond motifs is 2. The summed E-state index contributed by atoms with van der Waals surface area (Å²) in [5.41, 5.74) is 1.56. The highest BCUT2D eigenvalue weighted by molar-refractivity contribution is 6.04. The van der Waals surface area contributed by atoms with Crippen molar-refractivity contribution in [2.45, 2.75) is 6.61 Å². The van der Waals surface area contributed by atoms with E-state index in [0.29, 0.717) is 28.8 Å². The summed E-state index contributed by atoms with van der Waals surface area (Å²) in [5.74, 6) is -0.650. The van der Waals surface area contributed by atoms with Crippen LogP contribution in [0.2, 0.25) is 0 Å². The van der Waals surface area contributed by atoms with E-state index in [0.717, 1.165) is 17.0 Å². The van der Waals surface area contributed by atoms with Crippen LogP contribution < -0.4 is 16.3 Å². The summed E-state index contributed by atoms with van der Waals surface area (Å²) in [7, 11) is 1.55. The first kappa shape index (κ1) is 17.7. The van der Waals surface area contributed by atoms with Crippen LogP contribution in [0.15, 0.2) is 68.6 Å². The molecule has 2 aromatic heterocycles. The lowest BCUT2D eigenvalue weighted by molar-refractivity contribution is 0.0997. The zero-order chi connectivity index (χ0) is 19.7. The second-order valence-corrected chi connectivity index (χ2v) is 6.28. The Balaban J connectivity index is 1.69. The lowest BCUT2D eigenvalue weighted by Crippen LogP contribution is -2.15. The second-order valence-electron chi connectivity index (χ2n) is 6.28. The molecule has 0 atom stereocenters. The molecule has 0 bridgehead atoms. The number of rotatable bonds is 4. The van der Waals surface area contributed by atoms with E-state index in [1.807, 2.05) is 0 Å². The number of amides is 1. The summed E-state index contributed by atoms with van der Waals surface area (Å²) in [6, 6.07) is 14.5. The highest BCUT2D eigenvalue weighted by Gasteiger charge is 2.13. The molecule has 7 heteroatoms. The molecular formula is C21H16N2O5. The third-order valence-electron chi connectivity index (χ3n) is 4.34. The number of methoxy groups -OCH3 is 1. The molecule has 0 spiro atoms. The number of para-hydroxylation sites is 1. The number of hydrogen-bond acceptors (Lipinski definition) is 5. The minimum absolute atomic E-state index is 0.0922. The molecule has 0 saturated carbocycles. The maximum atomic E-state index is 12.5. The smallest absolute Gasteiger partial charge is 0.291 e. The number of anilines is 1. The van der Waals surface area contributed by atoms with Gasteiger partial charge in [0.05, 0.1) is 17.5 Å². The van der Waals surface area contributed by atoms with E-state index >= 15 is 0 Å². The minimum atomic E-state index is -0.558. The van der Waals surface area contributed by atoms with Crippen LogP contribution in [-0.4, -0.2) is 18.0 Å². The predicted molar refractivity (Wildman–Crippen MR) is 106 cm³/mol. The number of pyridine rings is 1. The Kier molecular flexibility index (Phi) is 4.50. The van der Waals surface area contributed by atoms with E-state index in [-0.39, 0.29) is 16.7 Å². The Morgan fingerprint density at radius 1 is 1.07 bits per heavy atom. The average molecular weight is 376 g/mol. The van der Waals surface area contributed by atoms with Gasteiger partial charge in [-0.05, 0) is 29.8 Å². The number of carbonyl (C=O) groups is 1. The summed E-state index contributed by atoms with van der Waals surface area (Å²) >= 11 is 0. The summed E-state index contributed by atoms with van der Waals surface area (Å²) in [4.78, 5) is 39.3. The molecule has 4 rings (SSSR count). The third-order valence-corrected chi connectivity index (χ3v) is 4.34. The maximum absolute atomic E-state index is 12.5. The van der Waals surface area contributed by atoms with E-state index in [2.05, 4.69) is 10.3 Å². The van der Waals surface area contributed by atoms with Gasteiger partial charge in [0.2, 0.25) is 5.56 Å². The number of hydrogen-bond donors (Lipinski definition) is 2. The van der Waals surface area contributed by atoms with Gasteiger partial charge in [0, 0.05) is 30.3 Å². The lowest BCUT2D eigenvalue weighted by Gasteiger charge is -2.09. The first-order valence-corrected chi connectivity index (χ1v) is 8.54. The van der Waals surface area contributed by atoms with E-state index < -0.39 is 5.91 Å². The van der Waals surface area contributed by atoms with E-state index in [4.69, 9.17) is 9.15 Å². The lowest BCUT2D eigenvalue weighted by atomic mass is 10.1. The van der Waals surface area contributed by atoms with Crippen molar-refractivity contribution in [1.82, 2.24) is 4.98 Å². The van der Waals surface area contributed by atoms with Crippen molar-refractivity contribution in [2.24, 2.45) is 0 Å². The van der Waals surface area contributed by atoms with Crippen LogP contribution in [-0.2, 0) is 11.3 Å². The SMILES string of the molecule is COCc1cc(=O)[nH]c2cc(NC(=O)c3cc(=O)c4ccccc4o3)ccc12. The highest BCUT2D eigenvalue weighted by atomic mass is 16.5. The summed E-state index contributed by atoms with van der Waals surface area (Å²) in [6.45, 7) is 0.300. The average Bonchev–Trinajstić information content (AvgIpc) is 2.68. The zero-order valence-corrected chi connectivity index (χ0v) is 14.9. The number of aromatic nitrogens is 1. The molecule has 0 aliphatic rings. The summed E-state index contributed by atoms with van der Waals surface area (Å²) in [6.07, 6.45) is 0. The Morgan fingerprint density at radius 3 is 2.71 bits per heavy atom. The van der Waals surface area contributed by atoms with Gasteiger partial charge in [0.25, 0.3) is 5.91 Å². The van der Waals surface area contributed by atoms with Gasteiger partial charge in [0.1, 0.15) is 5.58 Å². The van der Waals surface area contributed by atoms with Crippen molar-refractivity contribution in [3.8, 4) is 0 Å². The van der Waals surface area contributed by atoms with Crippen LogP contribution in [0.1, 0.15) is 16.1 Å². The van der Waals surface area contributed by atoms with Crippen LogP contribution in [0.25, 0.3) is 21.9 Å². The molecule has 2 aromatic carbocycles. The largest absolute Gasteiger partial charge is 0.451 e. The van der Waals surface area contributed by atoms with E-state index in [1.54, 1.807) is 49.6 Å². The Morgan fingerprint density at radius 2 is 1.89 bits per heavy atom. The molecule has 2 N–H and O–H groups in total. The molecule has 0 saturated heterocycles. The minimum Gasteiger partial charge on any atom is -0.451 e. The first-order chi connectivity index (χ1) is 13.5. The Hall–Kier alpha value is -3.71. The number of ether oxygens (including phenoxy) is 1. The van der Waals surface area contributed by atoms with Crippen molar-refractivity contribution in [2.75, 3.05) is 12.4 Å². The standard InChI is InChI=1S/C21H16N2O5/c1-27-11-12-8-20(25)23-16-9-13(6-7-14(12)16)22-21(26)19-10-17(24)15-4-2-3-5-18(15)28-19/h2-10H,11H2,1H3,(H,22,26)(H,23,25). The Bertz CT molecular complexity index is 1320. The van der Waals surface area contributed by atoms with Gasteiger partial charge in [-0.25, -0.2) is 0 Å². The topological polar surface area (TPSA) is 101 Å². The molecular weight excluding hydrogens is 360 g/mol. The van der Waals surface area contributed by atoms with Crippen LogP contribution in [0.3, 0.4) is 0 Å². The van der Waals surface area contributed by atoms with Crippen molar-refractivity contribution in [1.29, 1.82) is 0 Å². The van der Waals surface area contributed by atoms with Gasteiger partial charge in [0.15, 0.2) is 11.2 Å². The van der Waals surface area contributed by atoms with E-state index in [1.165, 1.54) is 6.07 Å². The van der Waals surface area contributed by atoms with Crippen LogP contribution >= 0.6 is 0 Å². The Labute approximate surface area is 158 Å². The maximum Gasteiger partial charge on any atom is 0.291 e. The number of benzene rings is 2. The van der Waals surface area contributed by atoms with Gasteiger partial charge in [-0.3, -0.25) is 14.4 Å². The van der Waals surface area contributed by atoms with Crippen LogP contribution in [0.5, 0.6) is 0 Å². The number of H-pyrrole nitrogens is 1. The molecule has 28 heavy (non-hydrogen) atoms. The molecule has 0 fully saturated rings. The molecule has 140 valence electrons. The highest BCUT2D eigenvalue weighted by Crippen LogP contribution is 2.21. The van der Waals surface area contributed by atoms with Crippen molar-refractivity contribution < 1.29 is 13.9 Å². The number of carbonyl (C=O) groups excluding carboxylic acids is 1. The number of aromatic amines is 1. The van der Waals surface area contributed by atoms with E-state index in [9.17, 15) is 14.4 Å². The summed E-state index contributed by atoms with van der Waals surface area (Å²) in [5, 5.41) is 3.91. The number of nitrogens with one attached hydrogen (secondary N) is 2. The molecule has 4 aromatic rings. The van der Waals surface area contributed by atoms with Gasteiger partial charge < -0.3 is 19.5 Å². The zero-order valence-electron chi connectivity index (χ0n) is 14.9. The quantitative estimate of drug-likeness (QED) is 0.570. The monoisotopic (exact) mass is 376 g/mol. The molecule has 1 amide bonds. The van der Waals surface area contributed by atoms with Gasteiger partial charge in [-0.15, -0.1) is 0 Å². The fourth-order valence-corrected chi connectivity index (χ4v) is 3.09. The fraction of sp³-hybridized carbons (Fsp3) is 0.0952. The molecule has 0 aliphatic heterocycles. The van der Waals surface area contributed by atoms with Crippen LogP contribution in [0.4, 0.5) is 5.69 Å². The molecule has 7 nitrogen and oxygen atoms in total. The first-order valence-electron chi connectivity index (χ1n) is 8.54. The third kappa shape index (κ3) is 3.30. The molecule has 0 aliphatic carbocycles.